The molecule has 5 rings (SSSR count). The Hall–Kier alpha value is -3.59. The second kappa shape index (κ2) is 6.24. The Balaban J connectivity index is 1.83. The third-order valence-electron chi connectivity index (χ3n) is 4.70. The molecule has 0 bridgehead atoms. The zero-order valence-corrected chi connectivity index (χ0v) is 14.5. The van der Waals surface area contributed by atoms with Crippen molar-refractivity contribution in [2.75, 3.05) is 0 Å². The maximum absolute atomic E-state index is 10.2. The van der Waals surface area contributed by atoms with Crippen LogP contribution in [0.4, 0.5) is 0 Å². The summed E-state index contributed by atoms with van der Waals surface area (Å²) in [6.45, 7) is -4.91. The molecule has 3 aromatic carbocycles. The van der Waals surface area contributed by atoms with E-state index >= 15 is 0 Å². The molecule has 0 saturated heterocycles. The van der Waals surface area contributed by atoms with E-state index in [4.69, 9.17) is 13.7 Å². The molecule has 0 amide bonds. The summed E-state index contributed by atoms with van der Waals surface area (Å²) in [5.74, 6) is -0.0339. The lowest BCUT2D eigenvalue weighted by atomic mass is 10.0. The van der Waals surface area contributed by atoms with Crippen molar-refractivity contribution in [3.05, 3.63) is 90.0 Å². The largest absolute Gasteiger partial charge is 0.508 e. The third kappa shape index (κ3) is 2.55. The minimum absolute atomic E-state index is 0.0783. The van der Waals surface area contributed by atoms with Gasteiger partial charge in [-0.3, -0.25) is 4.57 Å². The first kappa shape index (κ1) is 9.07. The van der Waals surface area contributed by atoms with Crippen LogP contribution in [0.5, 0.6) is 5.75 Å². The fourth-order valence-corrected chi connectivity index (χ4v) is 3.39. The van der Waals surface area contributed by atoms with Gasteiger partial charge in [-0.1, -0.05) is 48.0 Å². The minimum Gasteiger partial charge on any atom is -0.508 e. The van der Waals surface area contributed by atoms with Gasteiger partial charge in [0.05, 0.1) is 16.5 Å². The van der Waals surface area contributed by atoms with E-state index in [1.165, 1.54) is 59.3 Å². The second-order valence-electron chi connectivity index (χ2n) is 6.43. The van der Waals surface area contributed by atoms with E-state index in [2.05, 4.69) is 4.98 Å². The normalized spacial score (nSPS) is 17.4. The molecule has 3 heteroatoms. The number of nitrogens with zero attached hydrogens (tertiary/aromatic N) is 2. The molecule has 0 aliphatic carbocycles. The number of hydrogen-bond acceptors (Lipinski definition) is 2. The summed E-state index contributed by atoms with van der Waals surface area (Å²) in [6, 6.07) is 10.0. The van der Waals surface area contributed by atoms with Crippen LogP contribution < -0.4 is 0 Å². The minimum atomic E-state index is -2.60. The lowest BCUT2D eigenvalue weighted by molar-refractivity contribution is 0.476. The fraction of sp³-hybridized carbons (Fsp3) is 0.0800. The Bertz CT molecular complexity index is 1740. The molecular formula is C25H20N2O. The number of hydrogen-bond donors (Lipinski definition) is 1. The zero-order chi connectivity index (χ0) is 27.7. The number of aryl methyl sites for hydroxylation is 2. The van der Waals surface area contributed by atoms with Crippen molar-refractivity contribution in [3.8, 4) is 22.7 Å². The first-order chi connectivity index (χ1) is 17.7. The highest BCUT2D eigenvalue weighted by Gasteiger charge is 2.14. The maximum Gasteiger partial charge on any atom is 0.137 e. The number of pyridine rings is 1. The predicted molar refractivity (Wildman–Crippen MR) is 115 cm³/mol. The summed E-state index contributed by atoms with van der Waals surface area (Å²) in [4.78, 5) is 4.46. The third-order valence-corrected chi connectivity index (χ3v) is 4.70. The van der Waals surface area contributed by atoms with Gasteiger partial charge in [0.1, 0.15) is 11.6 Å². The van der Waals surface area contributed by atoms with E-state index in [1.807, 2.05) is 0 Å². The highest BCUT2D eigenvalue weighted by molar-refractivity contribution is 6.09. The van der Waals surface area contributed by atoms with Gasteiger partial charge in [0.25, 0.3) is 0 Å². The summed E-state index contributed by atoms with van der Waals surface area (Å²) in [6.07, 6.45) is 1.34. The van der Waals surface area contributed by atoms with Gasteiger partial charge in [-0.15, -0.1) is 0 Å². The van der Waals surface area contributed by atoms with Crippen LogP contribution in [0.25, 0.3) is 38.8 Å². The summed E-state index contributed by atoms with van der Waals surface area (Å²) in [5, 5.41) is 10.9. The van der Waals surface area contributed by atoms with E-state index in [1.54, 1.807) is 0 Å². The molecule has 0 fully saturated rings. The van der Waals surface area contributed by atoms with Gasteiger partial charge in [-0.2, -0.15) is 0 Å². The van der Waals surface area contributed by atoms with Crippen molar-refractivity contribution in [2.45, 2.75) is 13.7 Å². The van der Waals surface area contributed by atoms with Gasteiger partial charge in [-0.05, 0) is 49.1 Å². The Morgan fingerprint density at radius 1 is 0.929 bits per heavy atom. The molecule has 2 heterocycles. The van der Waals surface area contributed by atoms with E-state index in [0.717, 1.165) is 0 Å². The molecular weight excluding hydrogens is 344 g/mol. The quantitative estimate of drug-likeness (QED) is 0.401. The summed E-state index contributed by atoms with van der Waals surface area (Å²) >= 11 is 0. The lowest BCUT2D eigenvalue weighted by Gasteiger charge is -2.11. The van der Waals surface area contributed by atoms with E-state index in [0.29, 0.717) is 16.5 Å². The molecule has 3 nitrogen and oxygen atoms in total. The molecule has 136 valence electrons. The van der Waals surface area contributed by atoms with Gasteiger partial charge in [-0.25, -0.2) is 4.98 Å². The highest BCUT2D eigenvalue weighted by Crippen LogP contribution is 2.34. The SMILES string of the molecule is [2H]c1c([2H])c([2H])c2c(c1[2H])c1ccc(O)cc1n2-c1cc(C([2H])([2H])[2H])c(-c2ccc(C([2H])([2H])[2H])cc2)cn1. The van der Waals surface area contributed by atoms with Crippen molar-refractivity contribution in [1.82, 2.24) is 9.55 Å². The van der Waals surface area contributed by atoms with Crippen molar-refractivity contribution in [3.63, 3.8) is 0 Å². The predicted octanol–water partition coefficient (Wildman–Crippen LogP) is 6.17. The van der Waals surface area contributed by atoms with Gasteiger partial charge < -0.3 is 5.11 Å². The second-order valence-corrected chi connectivity index (χ2v) is 6.43. The van der Waals surface area contributed by atoms with Gasteiger partial charge in [0.2, 0.25) is 0 Å². The zero-order valence-electron chi connectivity index (χ0n) is 24.5. The number of aromatic hydroxyl groups is 1. The molecule has 28 heavy (non-hydrogen) atoms. The smallest absolute Gasteiger partial charge is 0.137 e. The molecule has 0 saturated carbocycles. The van der Waals surface area contributed by atoms with Crippen LogP contribution in [0, 0.1) is 13.7 Å². The van der Waals surface area contributed by atoms with Crippen LogP contribution in [0.3, 0.4) is 0 Å². The summed E-state index contributed by atoms with van der Waals surface area (Å²) < 4.78 is 81.9. The number of para-hydroxylation sites is 1. The van der Waals surface area contributed by atoms with E-state index < -0.39 is 25.8 Å². The maximum atomic E-state index is 10.2. The molecule has 5 aromatic rings. The van der Waals surface area contributed by atoms with Crippen molar-refractivity contribution in [2.24, 2.45) is 0 Å². The first-order valence-electron chi connectivity index (χ1n) is 13.6. The molecule has 0 unspecified atom stereocenters. The average molecular weight is 375 g/mol. The monoisotopic (exact) mass is 374 g/mol. The Morgan fingerprint density at radius 3 is 2.61 bits per heavy atom. The van der Waals surface area contributed by atoms with Gasteiger partial charge in [0.15, 0.2) is 0 Å². The Morgan fingerprint density at radius 2 is 1.79 bits per heavy atom. The molecule has 0 atom stereocenters. The molecule has 0 aliphatic heterocycles. The van der Waals surface area contributed by atoms with Crippen molar-refractivity contribution in [1.29, 1.82) is 0 Å². The Labute approximate surface area is 177 Å². The van der Waals surface area contributed by atoms with Crippen LogP contribution in [0.1, 0.15) is 24.8 Å². The summed E-state index contributed by atoms with van der Waals surface area (Å²) in [5.41, 5.74) is 1.16. The lowest BCUT2D eigenvalue weighted by Crippen LogP contribution is -1.99. The average Bonchev–Trinajstić information content (AvgIpc) is 3.19. The van der Waals surface area contributed by atoms with Crippen LogP contribution in [0.15, 0.2) is 78.9 Å². The molecule has 2 aromatic heterocycles. The molecule has 0 spiro atoms. The molecule has 0 aliphatic rings. The fourth-order valence-electron chi connectivity index (χ4n) is 3.39. The van der Waals surface area contributed by atoms with Gasteiger partial charge >= 0.3 is 0 Å². The van der Waals surface area contributed by atoms with Crippen molar-refractivity contribution < 1.29 is 18.8 Å². The van der Waals surface area contributed by atoms with Crippen LogP contribution >= 0.6 is 0 Å². The topological polar surface area (TPSA) is 38.0 Å². The number of fused-ring (bicyclic) bond motifs is 3. The van der Waals surface area contributed by atoms with Crippen LogP contribution in [-0.2, 0) is 0 Å². The van der Waals surface area contributed by atoms with E-state index in [9.17, 15) is 5.11 Å². The van der Waals surface area contributed by atoms with Crippen LogP contribution in [0.2, 0.25) is 0 Å². The first-order valence-corrected chi connectivity index (χ1v) is 8.55. The van der Waals surface area contributed by atoms with E-state index in [-0.39, 0.29) is 51.2 Å². The highest BCUT2D eigenvalue weighted by atomic mass is 16.3. The number of rotatable bonds is 2. The molecule has 1 N–H and O–H groups in total. The number of phenolic OH excluding ortho intramolecular Hbond substituents is 1. The number of aromatic nitrogens is 2. The number of phenols is 1. The van der Waals surface area contributed by atoms with Gasteiger partial charge in [0, 0.05) is 36.8 Å². The standard InChI is InChI=1S/C25H20N2O/c1-16-7-9-18(10-8-16)22-15-26-25(13-17(22)2)27-23-6-4-3-5-20(23)21-12-11-19(28)14-24(21)27/h3-15,28H,1-2H3/i1D3,2D3,3D,4D,5D,6D. The van der Waals surface area contributed by atoms with Crippen molar-refractivity contribution >= 4 is 21.8 Å². The molecule has 0 radical (unpaired) electrons. The Kier molecular flexibility index (Phi) is 2.02. The summed E-state index contributed by atoms with van der Waals surface area (Å²) in [7, 11) is 0. The number of benzene rings is 3. The van der Waals surface area contributed by atoms with Crippen LogP contribution in [-0.4, -0.2) is 14.7 Å².